The molecule has 84 valence electrons. The van der Waals surface area contributed by atoms with Crippen LogP contribution in [-0.4, -0.2) is 17.1 Å². The van der Waals surface area contributed by atoms with E-state index >= 15 is 0 Å². The summed E-state index contributed by atoms with van der Waals surface area (Å²) in [5.41, 5.74) is 5.42. The number of amides is 1. The molecule has 0 aromatic heterocycles. The third-order valence-electron chi connectivity index (χ3n) is 2.94. The van der Waals surface area contributed by atoms with E-state index < -0.39 is 0 Å². The van der Waals surface area contributed by atoms with Crippen molar-refractivity contribution in [2.75, 3.05) is 0 Å². The van der Waals surface area contributed by atoms with Crippen LogP contribution in [0.2, 0.25) is 0 Å². The molecule has 0 saturated heterocycles. The van der Waals surface area contributed by atoms with Crippen molar-refractivity contribution in [2.24, 2.45) is 5.92 Å². The molecule has 2 aliphatic carbocycles. The third-order valence-corrected chi connectivity index (χ3v) is 3.16. The molecule has 3 N–H and O–H groups in total. The van der Waals surface area contributed by atoms with Crippen molar-refractivity contribution >= 4 is 23.2 Å². The standard InChI is InChI=1S/C10H17N3OS/c14-9(7-3-1-2-4-7)12-13-10(15)11-8-5-6-8/h7-8H,1-6H2,(H,12,14)(H2,11,13,15). The number of rotatable bonds is 2. The van der Waals surface area contributed by atoms with Crippen LogP contribution in [0.3, 0.4) is 0 Å². The highest BCUT2D eigenvalue weighted by Crippen LogP contribution is 2.24. The van der Waals surface area contributed by atoms with Crippen LogP contribution in [0.25, 0.3) is 0 Å². The van der Waals surface area contributed by atoms with E-state index in [0.29, 0.717) is 11.2 Å². The van der Waals surface area contributed by atoms with E-state index in [0.717, 1.165) is 12.8 Å². The Morgan fingerprint density at radius 3 is 2.33 bits per heavy atom. The quantitative estimate of drug-likeness (QED) is 0.483. The maximum atomic E-state index is 11.6. The Bertz CT molecular complexity index is 259. The molecule has 0 spiro atoms. The number of hydrogen-bond donors (Lipinski definition) is 3. The summed E-state index contributed by atoms with van der Waals surface area (Å²) in [6, 6.07) is 0.522. The third kappa shape index (κ3) is 3.34. The van der Waals surface area contributed by atoms with Crippen LogP contribution in [0.1, 0.15) is 38.5 Å². The van der Waals surface area contributed by atoms with Crippen molar-refractivity contribution in [2.45, 2.75) is 44.6 Å². The van der Waals surface area contributed by atoms with Crippen LogP contribution in [0, 0.1) is 5.92 Å². The van der Waals surface area contributed by atoms with E-state index in [1.165, 1.54) is 25.7 Å². The second-order valence-electron chi connectivity index (χ2n) is 4.34. The monoisotopic (exact) mass is 227 g/mol. The average Bonchev–Trinajstić information content (AvgIpc) is 2.86. The Morgan fingerprint density at radius 2 is 1.73 bits per heavy atom. The van der Waals surface area contributed by atoms with Gasteiger partial charge >= 0.3 is 0 Å². The summed E-state index contributed by atoms with van der Waals surface area (Å²) in [4.78, 5) is 11.6. The van der Waals surface area contributed by atoms with Crippen LogP contribution in [0.5, 0.6) is 0 Å². The van der Waals surface area contributed by atoms with Crippen LogP contribution in [0.15, 0.2) is 0 Å². The van der Waals surface area contributed by atoms with Gasteiger partial charge in [0.05, 0.1) is 0 Å². The lowest BCUT2D eigenvalue weighted by atomic mass is 10.1. The van der Waals surface area contributed by atoms with Gasteiger partial charge in [0.2, 0.25) is 5.91 Å². The minimum absolute atomic E-state index is 0.0763. The zero-order chi connectivity index (χ0) is 10.7. The van der Waals surface area contributed by atoms with E-state index in [2.05, 4.69) is 16.2 Å². The highest BCUT2D eigenvalue weighted by Gasteiger charge is 2.24. The molecular formula is C10H17N3OS. The summed E-state index contributed by atoms with van der Waals surface area (Å²) < 4.78 is 0. The van der Waals surface area contributed by atoms with Gasteiger partial charge in [-0.3, -0.25) is 15.6 Å². The van der Waals surface area contributed by atoms with Crippen molar-refractivity contribution in [3.05, 3.63) is 0 Å². The van der Waals surface area contributed by atoms with Gasteiger partial charge in [0, 0.05) is 12.0 Å². The van der Waals surface area contributed by atoms with Crippen LogP contribution in [-0.2, 0) is 4.79 Å². The lowest BCUT2D eigenvalue weighted by molar-refractivity contribution is -0.125. The van der Waals surface area contributed by atoms with Crippen molar-refractivity contribution in [3.8, 4) is 0 Å². The van der Waals surface area contributed by atoms with Crippen LogP contribution < -0.4 is 16.2 Å². The number of carbonyl (C=O) groups is 1. The molecule has 0 aliphatic heterocycles. The van der Waals surface area contributed by atoms with E-state index in [4.69, 9.17) is 12.2 Å². The molecule has 2 rings (SSSR count). The molecule has 1 amide bonds. The smallest absolute Gasteiger partial charge is 0.241 e. The topological polar surface area (TPSA) is 53.2 Å². The first kappa shape index (κ1) is 10.7. The Labute approximate surface area is 95.2 Å². The van der Waals surface area contributed by atoms with E-state index in [9.17, 15) is 4.79 Å². The first-order chi connectivity index (χ1) is 7.25. The molecule has 2 fully saturated rings. The van der Waals surface area contributed by atoms with Crippen molar-refractivity contribution < 1.29 is 4.79 Å². The fraction of sp³-hybridized carbons (Fsp3) is 0.800. The fourth-order valence-corrected chi connectivity index (χ4v) is 2.08. The van der Waals surface area contributed by atoms with E-state index in [1.54, 1.807) is 0 Å². The molecule has 0 radical (unpaired) electrons. The highest BCUT2D eigenvalue weighted by atomic mass is 32.1. The number of nitrogens with one attached hydrogen (secondary N) is 3. The van der Waals surface area contributed by atoms with Crippen LogP contribution in [0.4, 0.5) is 0 Å². The molecule has 0 aromatic rings. The summed E-state index contributed by atoms with van der Waals surface area (Å²) >= 11 is 5.03. The molecule has 15 heavy (non-hydrogen) atoms. The fourth-order valence-electron chi connectivity index (χ4n) is 1.86. The molecule has 0 aromatic carbocycles. The van der Waals surface area contributed by atoms with Gasteiger partial charge < -0.3 is 5.32 Å². The Morgan fingerprint density at radius 1 is 1.07 bits per heavy atom. The van der Waals surface area contributed by atoms with Gasteiger partial charge in [-0.1, -0.05) is 12.8 Å². The molecule has 2 aliphatic rings. The number of hydrazine groups is 1. The van der Waals surface area contributed by atoms with Gasteiger partial charge in [-0.05, 0) is 37.9 Å². The van der Waals surface area contributed by atoms with Crippen molar-refractivity contribution in [3.63, 3.8) is 0 Å². The summed E-state index contributed by atoms with van der Waals surface area (Å²) in [7, 11) is 0. The maximum absolute atomic E-state index is 11.6. The van der Waals surface area contributed by atoms with E-state index in [-0.39, 0.29) is 11.8 Å². The predicted molar refractivity (Wildman–Crippen MR) is 62.0 cm³/mol. The molecule has 4 nitrogen and oxygen atoms in total. The van der Waals surface area contributed by atoms with Gasteiger partial charge in [0.25, 0.3) is 0 Å². The minimum atomic E-state index is 0.0763. The number of hydrogen-bond acceptors (Lipinski definition) is 2. The number of thiocarbonyl (C=S) groups is 1. The van der Waals surface area contributed by atoms with Gasteiger partial charge in [-0.25, -0.2) is 0 Å². The second kappa shape index (κ2) is 4.79. The average molecular weight is 227 g/mol. The molecule has 2 saturated carbocycles. The number of carbonyl (C=O) groups excluding carboxylic acids is 1. The van der Waals surface area contributed by atoms with Gasteiger partial charge in [-0.15, -0.1) is 0 Å². The van der Waals surface area contributed by atoms with Gasteiger partial charge in [0.1, 0.15) is 0 Å². The van der Waals surface area contributed by atoms with E-state index in [1.807, 2.05) is 0 Å². The first-order valence-electron chi connectivity index (χ1n) is 5.62. The molecule has 0 atom stereocenters. The van der Waals surface area contributed by atoms with Crippen LogP contribution >= 0.6 is 12.2 Å². The maximum Gasteiger partial charge on any atom is 0.241 e. The predicted octanol–water partition coefficient (Wildman–Crippen LogP) is 0.834. The summed E-state index contributed by atoms with van der Waals surface area (Å²) in [6.45, 7) is 0. The van der Waals surface area contributed by atoms with Crippen molar-refractivity contribution in [1.82, 2.24) is 16.2 Å². The lowest BCUT2D eigenvalue weighted by Gasteiger charge is -2.13. The zero-order valence-corrected chi connectivity index (χ0v) is 9.53. The Kier molecular flexibility index (Phi) is 3.41. The lowest BCUT2D eigenvalue weighted by Crippen LogP contribution is -2.48. The summed E-state index contributed by atoms with van der Waals surface area (Å²) in [6.07, 6.45) is 6.72. The minimum Gasteiger partial charge on any atom is -0.359 e. The highest BCUT2D eigenvalue weighted by molar-refractivity contribution is 7.80. The molecule has 0 heterocycles. The Hall–Kier alpha value is -0.840. The largest absolute Gasteiger partial charge is 0.359 e. The zero-order valence-electron chi connectivity index (χ0n) is 8.71. The molecule has 0 bridgehead atoms. The molecular weight excluding hydrogens is 210 g/mol. The SMILES string of the molecule is O=C(NNC(=S)NC1CC1)C1CCCC1. The summed E-state index contributed by atoms with van der Waals surface area (Å²) in [5, 5.41) is 3.64. The summed E-state index contributed by atoms with van der Waals surface area (Å²) in [5.74, 6) is 0.258. The normalized spacial score (nSPS) is 21.1. The van der Waals surface area contributed by atoms with Gasteiger partial charge in [0.15, 0.2) is 5.11 Å². The molecule has 5 heteroatoms. The second-order valence-corrected chi connectivity index (χ2v) is 4.75. The first-order valence-corrected chi connectivity index (χ1v) is 6.03. The van der Waals surface area contributed by atoms with Crippen molar-refractivity contribution in [1.29, 1.82) is 0 Å². The molecule has 0 unspecified atom stereocenters. The van der Waals surface area contributed by atoms with Gasteiger partial charge in [-0.2, -0.15) is 0 Å². The Balaban J connectivity index is 1.62.